The number of rotatable bonds is 6. The number of nitrogens with two attached hydrogens (primary N) is 1. The number of oxazole rings is 1. The van der Waals surface area contributed by atoms with Gasteiger partial charge < -0.3 is 15.5 Å². The molecular weight excluding hydrogens is 250 g/mol. The maximum absolute atomic E-state index is 11.7. The Hall–Kier alpha value is -1.01. The molecule has 1 saturated carbocycles. The summed E-state index contributed by atoms with van der Waals surface area (Å²) in [4.78, 5) is 16.0. The van der Waals surface area contributed by atoms with Gasteiger partial charge in [0.2, 0.25) is 5.91 Å². The zero-order valence-corrected chi connectivity index (χ0v) is 11.8. The molecule has 1 aromatic heterocycles. The first-order valence-corrected chi connectivity index (χ1v) is 7.04. The third-order valence-electron chi connectivity index (χ3n) is 3.59. The van der Waals surface area contributed by atoms with Crippen LogP contribution in [0.1, 0.15) is 24.3 Å². The average molecular weight is 269 g/mol. The zero-order valence-electron chi connectivity index (χ0n) is 10.9. The molecule has 1 aliphatic rings. The van der Waals surface area contributed by atoms with Gasteiger partial charge in [0.25, 0.3) is 5.22 Å². The van der Waals surface area contributed by atoms with Crippen molar-refractivity contribution in [2.45, 2.75) is 37.5 Å². The summed E-state index contributed by atoms with van der Waals surface area (Å²) in [6, 6.07) is 0. The fourth-order valence-corrected chi connectivity index (χ4v) is 3.31. The molecular formula is C12H19N3O2S. The van der Waals surface area contributed by atoms with Gasteiger partial charge in [-0.2, -0.15) is 0 Å². The van der Waals surface area contributed by atoms with Crippen molar-refractivity contribution in [3.8, 4) is 0 Å². The molecule has 2 rings (SSSR count). The van der Waals surface area contributed by atoms with Crippen LogP contribution in [0.4, 0.5) is 0 Å². The molecule has 6 heteroatoms. The SMILES string of the molecule is CNC(CSc1nc(C)c(C)o1)(C(N)=O)C1CC1. The molecule has 1 unspecified atom stereocenters. The van der Waals surface area contributed by atoms with Crippen LogP contribution in [0.25, 0.3) is 0 Å². The molecule has 18 heavy (non-hydrogen) atoms. The Morgan fingerprint density at radius 3 is 2.67 bits per heavy atom. The Labute approximate surface area is 111 Å². The maximum Gasteiger partial charge on any atom is 0.256 e. The first-order chi connectivity index (χ1) is 8.49. The third kappa shape index (κ3) is 2.40. The Kier molecular flexibility index (Phi) is 3.68. The molecule has 1 heterocycles. The van der Waals surface area contributed by atoms with Gasteiger partial charge in [0.05, 0.1) is 5.69 Å². The van der Waals surface area contributed by atoms with E-state index in [1.54, 1.807) is 7.05 Å². The predicted molar refractivity (Wildman–Crippen MR) is 70.4 cm³/mol. The molecule has 0 spiro atoms. The van der Waals surface area contributed by atoms with E-state index in [1.165, 1.54) is 11.8 Å². The van der Waals surface area contributed by atoms with Gasteiger partial charge in [-0.3, -0.25) is 4.79 Å². The lowest BCUT2D eigenvalue weighted by atomic mass is 9.95. The number of thioether (sulfide) groups is 1. The first kappa shape index (κ1) is 13.4. The third-order valence-corrected chi connectivity index (χ3v) is 4.61. The monoisotopic (exact) mass is 269 g/mol. The van der Waals surface area contributed by atoms with Crippen LogP contribution in [0.15, 0.2) is 9.64 Å². The van der Waals surface area contributed by atoms with E-state index in [1.807, 2.05) is 13.8 Å². The van der Waals surface area contributed by atoms with E-state index in [4.69, 9.17) is 10.2 Å². The number of aromatic nitrogens is 1. The van der Waals surface area contributed by atoms with Crippen molar-refractivity contribution >= 4 is 17.7 Å². The van der Waals surface area contributed by atoms with E-state index in [2.05, 4.69) is 10.3 Å². The molecule has 0 aliphatic heterocycles. The van der Waals surface area contributed by atoms with E-state index >= 15 is 0 Å². The maximum atomic E-state index is 11.7. The van der Waals surface area contributed by atoms with Crippen LogP contribution in [0, 0.1) is 19.8 Å². The van der Waals surface area contributed by atoms with E-state index in [0.717, 1.165) is 24.3 Å². The van der Waals surface area contributed by atoms with Gasteiger partial charge in [-0.05, 0) is 39.7 Å². The predicted octanol–water partition coefficient (Wildman–Crippen LogP) is 1.24. The lowest BCUT2D eigenvalue weighted by molar-refractivity contribution is -0.124. The lowest BCUT2D eigenvalue weighted by Gasteiger charge is -2.29. The van der Waals surface area contributed by atoms with Crippen molar-refractivity contribution in [2.75, 3.05) is 12.8 Å². The molecule has 100 valence electrons. The number of aryl methyl sites for hydroxylation is 2. The summed E-state index contributed by atoms with van der Waals surface area (Å²) in [5, 5.41) is 3.71. The molecule has 0 radical (unpaired) electrons. The number of carbonyl (C=O) groups excluding carboxylic acids is 1. The van der Waals surface area contributed by atoms with Gasteiger partial charge in [0.1, 0.15) is 11.3 Å². The molecule has 0 aromatic carbocycles. The molecule has 0 saturated heterocycles. The highest BCUT2D eigenvalue weighted by Crippen LogP contribution is 2.42. The Morgan fingerprint density at radius 2 is 2.28 bits per heavy atom. The first-order valence-electron chi connectivity index (χ1n) is 6.05. The fourth-order valence-electron chi connectivity index (χ4n) is 2.05. The number of hydrogen-bond acceptors (Lipinski definition) is 5. The second-order valence-electron chi connectivity index (χ2n) is 4.77. The number of primary amides is 1. The number of nitrogens with zero attached hydrogens (tertiary/aromatic N) is 1. The van der Waals surface area contributed by atoms with Gasteiger partial charge in [0, 0.05) is 5.75 Å². The Balaban J connectivity index is 2.08. The van der Waals surface area contributed by atoms with Crippen LogP contribution in [0.2, 0.25) is 0 Å². The largest absolute Gasteiger partial charge is 0.437 e. The summed E-state index contributed by atoms with van der Waals surface area (Å²) < 4.78 is 5.51. The molecule has 1 aromatic rings. The smallest absolute Gasteiger partial charge is 0.256 e. The lowest BCUT2D eigenvalue weighted by Crippen LogP contribution is -2.57. The van der Waals surface area contributed by atoms with Crippen LogP contribution in [0.5, 0.6) is 0 Å². The minimum absolute atomic E-state index is 0.292. The minimum Gasteiger partial charge on any atom is -0.437 e. The average Bonchev–Trinajstić information content (AvgIpc) is 3.09. The molecule has 5 nitrogen and oxygen atoms in total. The van der Waals surface area contributed by atoms with E-state index < -0.39 is 5.54 Å². The molecule has 1 aliphatic carbocycles. The van der Waals surface area contributed by atoms with Crippen molar-refractivity contribution in [1.29, 1.82) is 0 Å². The van der Waals surface area contributed by atoms with Crippen LogP contribution in [-0.2, 0) is 4.79 Å². The number of hydrogen-bond donors (Lipinski definition) is 2. The summed E-state index contributed by atoms with van der Waals surface area (Å²) in [7, 11) is 1.79. The molecule has 1 amide bonds. The zero-order chi connectivity index (χ0) is 13.3. The highest BCUT2D eigenvalue weighted by Gasteiger charge is 2.49. The topological polar surface area (TPSA) is 81.2 Å². The molecule has 1 fully saturated rings. The normalized spacial score (nSPS) is 18.6. The van der Waals surface area contributed by atoms with Crippen molar-refractivity contribution in [1.82, 2.24) is 10.3 Å². The summed E-state index contributed by atoms with van der Waals surface area (Å²) in [5.74, 6) is 1.42. The van der Waals surface area contributed by atoms with Crippen molar-refractivity contribution in [3.05, 3.63) is 11.5 Å². The van der Waals surface area contributed by atoms with Gasteiger partial charge in [-0.15, -0.1) is 0 Å². The highest BCUT2D eigenvalue weighted by molar-refractivity contribution is 7.99. The number of amides is 1. The summed E-state index contributed by atoms with van der Waals surface area (Å²) in [5.41, 5.74) is 5.81. The van der Waals surface area contributed by atoms with Crippen LogP contribution >= 0.6 is 11.8 Å². The van der Waals surface area contributed by atoms with E-state index in [0.29, 0.717) is 16.9 Å². The highest BCUT2D eigenvalue weighted by atomic mass is 32.2. The summed E-state index contributed by atoms with van der Waals surface area (Å²) in [6.07, 6.45) is 2.10. The Bertz CT molecular complexity index is 437. The number of carbonyl (C=O) groups is 1. The van der Waals surface area contributed by atoms with Gasteiger partial charge in [0.15, 0.2) is 0 Å². The van der Waals surface area contributed by atoms with E-state index in [-0.39, 0.29) is 5.91 Å². The molecule has 1 atom stereocenters. The van der Waals surface area contributed by atoms with Crippen molar-refractivity contribution < 1.29 is 9.21 Å². The van der Waals surface area contributed by atoms with Crippen molar-refractivity contribution in [2.24, 2.45) is 11.7 Å². The summed E-state index contributed by atoms with van der Waals surface area (Å²) >= 11 is 1.44. The van der Waals surface area contributed by atoms with Crippen LogP contribution in [0.3, 0.4) is 0 Å². The van der Waals surface area contributed by atoms with Crippen LogP contribution < -0.4 is 11.1 Å². The second-order valence-corrected chi connectivity index (χ2v) is 5.70. The van der Waals surface area contributed by atoms with Gasteiger partial charge in [-0.25, -0.2) is 4.98 Å². The van der Waals surface area contributed by atoms with Crippen LogP contribution in [-0.4, -0.2) is 29.2 Å². The fraction of sp³-hybridized carbons (Fsp3) is 0.667. The Morgan fingerprint density at radius 1 is 1.61 bits per heavy atom. The van der Waals surface area contributed by atoms with Gasteiger partial charge >= 0.3 is 0 Å². The standard InChI is InChI=1S/C12H19N3O2S/c1-7-8(2)17-11(15-7)18-6-12(14-3,10(13)16)9-4-5-9/h9,14H,4-6H2,1-3H3,(H2,13,16). The van der Waals surface area contributed by atoms with Gasteiger partial charge in [-0.1, -0.05) is 11.8 Å². The second kappa shape index (κ2) is 4.93. The number of nitrogens with one attached hydrogen (secondary N) is 1. The van der Waals surface area contributed by atoms with Crippen molar-refractivity contribution in [3.63, 3.8) is 0 Å². The quantitative estimate of drug-likeness (QED) is 0.759. The summed E-state index contributed by atoms with van der Waals surface area (Å²) in [6.45, 7) is 3.79. The minimum atomic E-state index is -0.638. The number of likely N-dealkylation sites (N-methyl/N-ethyl adjacent to an activating group) is 1. The molecule has 0 bridgehead atoms. The van der Waals surface area contributed by atoms with E-state index in [9.17, 15) is 4.79 Å². The molecule has 3 N–H and O–H groups in total.